The lowest BCUT2D eigenvalue weighted by Gasteiger charge is -2.05. The number of carbonyl (C=O) groups excluding carboxylic acids is 1. The number of aliphatic hydroxyl groups is 1. The van der Waals surface area contributed by atoms with Crippen molar-refractivity contribution in [2.24, 2.45) is 4.99 Å². The van der Waals surface area contributed by atoms with Crippen molar-refractivity contribution >= 4 is 6.08 Å². The lowest BCUT2D eigenvalue weighted by atomic mass is 10.1. The normalized spacial score (nSPS) is 9.80. The van der Waals surface area contributed by atoms with Gasteiger partial charge in [-0.3, -0.25) is 0 Å². The van der Waals surface area contributed by atoms with Gasteiger partial charge in [-0.05, 0) is 24.6 Å². The van der Waals surface area contributed by atoms with Crippen molar-refractivity contribution in [3.8, 4) is 5.75 Å². The second-order valence-corrected chi connectivity index (χ2v) is 3.08. The first-order chi connectivity index (χ1) is 7.22. The molecule has 0 atom stereocenters. The summed E-state index contributed by atoms with van der Waals surface area (Å²) in [5, 5.41) is 9.08. The van der Waals surface area contributed by atoms with Gasteiger partial charge in [-0.25, -0.2) is 4.79 Å². The average Bonchev–Trinajstić information content (AvgIpc) is 2.20. The Bertz CT molecular complexity index is 339. The highest BCUT2D eigenvalue weighted by Crippen LogP contribution is 2.14. The maximum Gasteiger partial charge on any atom is 0.238 e. The van der Waals surface area contributed by atoms with Crippen molar-refractivity contribution < 1.29 is 14.6 Å². The number of benzene rings is 1. The Kier molecular flexibility index (Phi) is 4.54. The van der Waals surface area contributed by atoms with Crippen LogP contribution < -0.4 is 4.74 Å². The van der Waals surface area contributed by atoms with Gasteiger partial charge in [-0.15, -0.1) is 0 Å². The van der Waals surface area contributed by atoms with Crippen LogP contribution in [0.15, 0.2) is 29.3 Å². The Morgan fingerprint density at radius 2 is 2.13 bits per heavy atom. The predicted molar refractivity (Wildman–Crippen MR) is 54.6 cm³/mol. The van der Waals surface area contributed by atoms with Crippen molar-refractivity contribution in [3.63, 3.8) is 0 Å². The van der Waals surface area contributed by atoms with Gasteiger partial charge < -0.3 is 9.84 Å². The molecule has 0 aliphatic rings. The van der Waals surface area contributed by atoms with Gasteiger partial charge in [0.05, 0.1) is 6.10 Å². The zero-order valence-corrected chi connectivity index (χ0v) is 8.43. The van der Waals surface area contributed by atoms with Crippen LogP contribution in [-0.2, 0) is 11.2 Å². The zero-order valence-electron chi connectivity index (χ0n) is 8.43. The quantitative estimate of drug-likeness (QED) is 0.590. The molecule has 4 nitrogen and oxygen atoms in total. The van der Waals surface area contributed by atoms with Crippen LogP contribution in [0.3, 0.4) is 0 Å². The van der Waals surface area contributed by atoms with E-state index in [4.69, 9.17) is 9.84 Å². The molecule has 15 heavy (non-hydrogen) atoms. The fourth-order valence-corrected chi connectivity index (χ4v) is 1.13. The molecule has 0 bridgehead atoms. The summed E-state index contributed by atoms with van der Waals surface area (Å²) in [4.78, 5) is 13.0. The van der Waals surface area contributed by atoms with Gasteiger partial charge in [0.2, 0.25) is 6.08 Å². The number of hydrogen-bond donors (Lipinski definition) is 1. The SMILES string of the molecule is C[C](O)Cc1ccc(OCN=C=O)cc1. The van der Waals surface area contributed by atoms with E-state index in [1.54, 1.807) is 19.1 Å². The molecule has 0 aromatic heterocycles. The first-order valence-electron chi connectivity index (χ1n) is 4.49. The molecule has 1 aromatic rings. The van der Waals surface area contributed by atoms with E-state index in [9.17, 15) is 4.79 Å². The molecule has 0 saturated carbocycles. The molecule has 79 valence electrons. The fraction of sp³-hybridized carbons (Fsp3) is 0.273. The Hall–Kier alpha value is -1.64. The summed E-state index contributed by atoms with van der Waals surface area (Å²) >= 11 is 0. The molecule has 0 amide bonds. The third-order valence-corrected chi connectivity index (χ3v) is 1.74. The minimum absolute atomic E-state index is 0.0198. The van der Waals surface area contributed by atoms with E-state index in [2.05, 4.69) is 4.99 Å². The van der Waals surface area contributed by atoms with Crippen LogP contribution in [0.2, 0.25) is 0 Å². The van der Waals surface area contributed by atoms with Gasteiger partial charge >= 0.3 is 0 Å². The molecule has 0 aliphatic carbocycles. The van der Waals surface area contributed by atoms with Gasteiger partial charge in [0, 0.05) is 6.42 Å². The number of aliphatic hydroxyl groups excluding tert-OH is 1. The maximum absolute atomic E-state index is 9.77. The molecule has 0 fully saturated rings. The van der Waals surface area contributed by atoms with Crippen LogP contribution in [0.25, 0.3) is 0 Å². The van der Waals surface area contributed by atoms with Crippen LogP contribution >= 0.6 is 0 Å². The predicted octanol–water partition coefficient (Wildman–Crippen LogP) is 1.83. The molecule has 1 aromatic carbocycles. The Labute approximate surface area is 88.2 Å². The highest BCUT2D eigenvalue weighted by atomic mass is 16.5. The third kappa shape index (κ3) is 4.40. The van der Waals surface area contributed by atoms with Crippen molar-refractivity contribution in [1.82, 2.24) is 0 Å². The lowest BCUT2D eigenvalue weighted by Crippen LogP contribution is -1.96. The van der Waals surface area contributed by atoms with Crippen LogP contribution in [-0.4, -0.2) is 17.9 Å². The van der Waals surface area contributed by atoms with E-state index in [1.807, 2.05) is 12.1 Å². The fourth-order valence-electron chi connectivity index (χ4n) is 1.13. The van der Waals surface area contributed by atoms with Gasteiger partial charge in [-0.2, -0.15) is 4.99 Å². The van der Waals surface area contributed by atoms with Gasteiger partial charge in [0.1, 0.15) is 5.75 Å². The molecule has 0 unspecified atom stereocenters. The number of nitrogens with zero attached hydrogens (tertiary/aromatic N) is 1. The largest absolute Gasteiger partial charge is 0.471 e. The molecular weight excluding hydrogens is 194 g/mol. The molecular formula is C11H12NO3. The molecule has 4 heteroatoms. The highest BCUT2D eigenvalue weighted by molar-refractivity contribution is 5.33. The van der Waals surface area contributed by atoms with Crippen LogP contribution in [0.5, 0.6) is 5.75 Å². The molecule has 1 rings (SSSR count). The van der Waals surface area contributed by atoms with Gasteiger partial charge in [-0.1, -0.05) is 12.1 Å². The minimum atomic E-state index is -0.0198. The lowest BCUT2D eigenvalue weighted by molar-refractivity contribution is 0.306. The van der Waals surface area contributed by atoms with Crippen LogP contribution in [0.4, 0.5) is 0 Å². The van der Waals surface area contributed by atoms with Crippen molar-refractivity contribution in [2.75, 3.05) is 6.73 Å². The van der Waals surface area contributed by atoms with Crippen molar-refractivity contribution in [3.05, 3.63) is 35.9 Å². The zero-order chi connectivity index (χ0) is 11.1. The molecule has 1 radical (unpaired) electrons. The summed E-state index contributed by atoms with van der Waals surface area (Å²) in [6.07, 6.45) is 2.29. The first kappa shape index (κ1) is 11.4. The molecule has 0 heterocycles. The monoisotopic (exact) mass is 206 g/mol. The van der Waals surface area contributed by atoms with Gasteiger partial charge in [0.25, 0.3) is 0 Å². The highest BCUT2D eigenvalue weighted by Gasteiger charge is 2.00. The molecule has 0 spiro atoms. The van der Waals surface area contributed by atoms with E-state index in [0.29, 0.717) is 18.3 Å². The van der Waals surface area contributed by atoms with Gasteiger partial charge in [0.15, 0.2) is 6.73 Å². The molecule has 1 N–H and O–H groups in total. The maximum atomic E-state index is 9.77. The number of isocyanates is 1. The van der Waals surface area contributed by atoms with Crippen molar-refractivity contribution in [1.29, 1.82) is 0 Å². The summed E-state index contributed by atoms with van der Waals surface area (Å²) in [5.74, 6) is 0.633. The van der Waals surface area contributed by atoms with E-state index < -0.39 is 0 Å². The standard InChI is InChI=1S/C11H12NO3/c1-9(14)6-10-2-4-11(5-3-10)15-8-12-7-13/h2-5,14H,6,8H2,1H3. The minimum Gasteiger partial charge on any atom is -0.471 e. The summed E-state index contributed by atoms with van der Waals surface area (Å²) in [5.41, 5.74) is 1.00. The first-order valence-corrected chi connectivity index (χ1v) is 4.49. The number of hydrogen-bond acceptors (Lipinski definition) is 4. The second kappa shape index (κ2) is 5.96. The summed E-state index contributed by atoms with van der Waals surface area (Å²) in [7, 11) is 0. The van der Waals surface area contributed by atoms with Crippen LogP contribution in [0, 0.1) is 6.10 Å². The van der Waals surface area contributed by atoms with E-state index >= 15 is 0 Å². The Morgan fingerprint density at radius 1 is 1.47 bits per heavy atom. The van der Waals surface area contributed by atoms with Crippen molar-refractivity contribution in [2.45, 2.75) is 13.3 Å². The Balaban J connectivity index is 2.52. The van der Waals surface area contributed by atoms with E-state index in [-0.39, 0.29) is 6.73 Å². The number of rotatable bonds is 5. The summed E-state index contributed by atoms with van der Waals surface area (Å²) in [6, 6.07) is 7.22. The number of ether oxygens (including phenoxy) is 1. The van der Waals surface area contributed by atoms with E-state index in [0.717, 1.165) is 5.56 Å². The Morgan fingerprint density at radius 3 is 2.67 bits per heavy atom. The molecule has 0 saturated heterocycles. The van der Waals surface area contributed by atoms with E-state index in [1.165, 1.54) is 6.08 Å². The van der Waals surface area contributed by atoms with Crippen LogP contribution in [0.1, 0.15) is 12.5 Å². The second-order valence-electron chi connectivity index (χ2n) is 3.08. The summed E-state index contributed by atoms with van der Waals surface area (Å²) in [6.45, 7) is 1.64. The topological polar surface area (TPSA) is 58.9 Å². The number of aliphatic imine (C=N–C) groups is 1. The summed E-state index contributed by atoms with van der Waals surface area (Å²) < 4.78 is 5.11. The average molecular weight is 206 g/mol. The molecule has 0 aliphatic heterocycles. The smallest absolute Gasteiger partial charge is 0.238 e. The third-order valence-electron chi connectivity index (χ3n) is 1.74.